The number of likely N-dealkylation sites (N-methyl/N-ethyl adjacent to an activating group) is 1. The van der Waals surface area contributed by atoms with Crippen molar-refractivity contribution in [3.8, 4) is 0 Å². The fraction of sp³-hybridized carbons (Fsp3) is 0.444. The standard InChI is InChI=1S/C18H24ClN3O2S/c1-4-21(5-2)16(14-8-6-7-9-15(14)19)10-20-17(23)11-22-13(3)12-25-18(22)24/h6-9,12,16H,4-5,10-11H2,1-3H3,(H,20,23). The van der Waals surface area contributed by atoms with Gasteiger partial charge in [-0.1, -0.05) is 55.0 Å². The summed E-state index contributed by atoms with van der Waals surface area (Å²) < 4.78 is 1.49. The first-order valence-corrected chi connectivity index (χ1v) is 9.63. The molecule has 0 spiro atoms. The van der Waals surface area contributed by atoms with Crippen molar-refractivity contribution >= 4 is 28.8 Å². The molecule has 1 amide bonds. The maximum absolute atomic E-state index is 12.3. The lowest BCUT2D eigenvalue weighted by atomic mass is 10.0. The van der Waals surface area contributed by atoms with Crippen LogP contribution in [0.5, 0.6) is 0 Å². The Kier molecular flexibility index (Phi) is 7.23. The molecule has 1 aromatic carbocycles. The van der Waals surface area contributed by atoms with Crippen molar-refractivity contribution in [2.45, 2.75) is 33.4 Å². The monoisotopic (exact) mass is 381 g/mol. The second kappa shape index (κ2) is 9.17. The number of nitrogens with one attached hydrogen (secondary N) is 1. The second-order valence-corrected chi connectivity index (χ2v) is 7.02. The minimum Gasteiger partial charge on any atom is -0.353 e. The van der Waals surface area contributed by atoms with Crippen LogP contribution in [0.15, 0.2) is 34.4 Å². The number of hydrogen-bond donors (Lipinski definition) is 1. The number of aryl methyl sites for hydroxylation is 1. The van der Waals surface area contributed by atoms with E-state index in [1.165, 1.54) is 4.57 Å². The Labute approximate surface area is 157 Å². The molecule has 2 rings (SSSR count). The predicted molar refractivity (Wildman–Crippen MR) is 103 cm³/mol. The number of carbonyl (C=O) groups is 1. The third-order valence-electron chi connectivity index (χ3n) is 4.29. The average Bonchev–Trinajstić information content (AvgIpc) is 2.91. The Bertz CT molecular complexity index is 768. The van der Waals surface area contributed by atoms with Gasteiger partial charge in [0.1, 0.15) is 6.54 Å². The minimum atomic E-state index is -0.173. The van der Waals surface area contributed by atoms with E-state index in [-0.39, 0.29) is 23.4 Å². The molecular formula is C18H24ClN3O2S. The summed E-state index contributed by atoms with van der Waals surface area (Å²) in [5.74, 6) is -0.173. The summed E-state index contributed by atoms with van der Waals surface area (Å²) in [4.78, 5) is 26.2. The second-order valence-electron chi connectivity index (χ2n) is 5.79. The molecule has 0 bridgehead atoms. The lowest BCUT2D eigenvalue weighted by Crippen LogP contribution is -2.40. The van der Waals surface area contributed by atoms with E-state index in [2.05, 4.69) is 24.1 Å². The van der Waals surface area contributed by atoms with Crippen molar-refractivity contribution in [3.63, 3.8) is 0 Å². The Morgan fingerprint density at radius 2 is 2.00 bits per heavy atom. The van der Waals surface area contributed by atoms with Crippen molar-refractivity contribution in [1.82, 2.24) is 14.8 Å². The molecule has 25 heavy (non-hydrogen) atoms. The highest BCUT2D eigenvalue weighted by Crippen LogP contribution is 2.26. The molecule has 5 nitrogen and oxygen atoms in total. The van der Waals surface area contributed by atoms with Gasteiger partial charge < -0.3 is 5.32 Å². The number of nitrogens with zero attached hydrogens (tertiary/aromatic N) is 2. The molecule has 136 valence electrons. The molecule has 0 saturated heterocycles. The molecule has 0 aliphatic heterocycles. The van der Waals surface area contributed by atoms with Gasteiger partial charge in [0.25, 0.3) is 0 Å². The van der Waals surface area contributed by atoms with E-state index < -0.39 is 0 Å². The van der Waals surface area contributed by atoms with E-state index in [0.717, 1.165) is 35.7 Å². The van der Waals surface area contributed by atoms with Crippen molar-refractivity contribution in [2.75, 3.05) is 19.6 Å². The topological polar surface area (TPSA) is 54.3 Å². The van der Waals surface area contributed by atoms with Gasteiger partial charge in [0.2, 0.25) is 5.91 Å². The van der Waals surface area contributed by atoms with Crippen LogP contribution >= 0.6 is 22.9 Å². The maximum Gasteiger partial charge on any atom is 0.307 e. The summed E-state index contributed by atoms with van der Waals surface area (Å²) in [6.45, 7) is 8.20. The average molecular weight is 382 g/mol. The van der Waals surface area contributed by atoms with E-state index in [0.29, 0.717) is 11.6 Å². The number of rotatable bonds is 8. The molecule has 2 aromatic rings. The fourth-order valence-electron chi connectivity index (χ4n) is 2.85. The van der Waals surface area contributed by atoms with Crippen molar-refractivity contribution in [1.29, 1.82) is 0 Å². The number of benzene rings is 1. The van der Waals surface area contributed by atoms with Gasteiger partial charge in [0, 0.05) is 22.6 Å². The summed E-state index contributed by atoms with van der Waals surface area (Å²) in [7, 11) is 0. The SMILES string of the molecule is CCN(CC)C(CNC(=O)Cn1c(C)csc1=O)c1ccccc1Cl. The van der Waals surface area contributed by atoms with Gasteiger partial charge in [-0.05, 0) is 31.6 Å². The molecule has 1 heterocycles. The van der Waals surface area contributed by atoms with E-state index in [1.54, 1.807) is 5.38 Å². The van der Waals surface area contributed by atoms with Crippen LogP contribution in [-0.2, 0) is 11.3 Å². The normalized spacial score (nSPS) is 12.4. The Morgan fingerprint density at radius 3 is 2.56 bits per heavy atom. The molecule has 1 unspecified atom stereocenters. The lowest BCUT2D eigenvalue weighted by Gasteiger charge is -2.31. The van der Waals surface area contributed by atoms with Crippen LogP contribution in [0.3, 0.4) is 0 Å². The Hall–Kier alpha value is -1.63. The highest BCUT2D eigenvalue weighted by Gasteiger charge is 2.21. The maximum atomic E-state index is 12.3. The quantitative estimate of drug-likeness (QED) is 0.764. The first-order valence-electron chi connectivity index (χ1n) is 8.38. The highest BCUT2D eigenvalue weighted by atomic mass is 35.5. The molecule has 1 atom stereocenters. The first-order chi connectivity index (χ1) is 12.0. The smallest absolute Gasteiger partial charge is 0.307 e. The summed E-state index contributed by atoms with van der Waals surface area (Å²) in [6.07, 6.45) is 0. The van der Waals surface area contributed by atoms with Gasteiger partial charge in [-0.25, -0.2) is 0 Å². The number of carbonyl (C=O) groups excluding carboxylic acids is 1. The number of aromatic nitrogens is 1. The molecule has 1 aromatic heterocycles. The van der Waals surface area contributed by atoms with Crippen LogP contribution in [0.1, 0.15) is 31.1 Å². The zero-order valence-electron chi connectivity index (χ0n) is 14.8. The van der Waals surface area contributed by atoms with Gasteiger partial charge in [0.15, 0.2) is 0 Å². The molecule has 0 saturated carbocycles. The Balaban J connectivity index is 2.11. The molecule has 0 fully saturated rings. The number of hydrogen-bond acceptors (Lipinski definition) is 4. The molecular weight excluding hydrogens is 358 g/mol. The van der Waals surface area contributed by atoms with Crippen LogP contribution in [-0.4, -0.2) is 35.0 Å². The molecule has 0 aliphatic rings. The lowest BCUT2D eigenvalue weighted by molar-refractivity contribution is -0.122. The molecule has 0 aliphatic carbocycles. The molecule has 1 N–H and O–H groups in total. The highest BCUT2D eigenvalue weighted by molar-refractivity contribution is 7.07. The third kappa shape index (κ3) is 4.93. The largest absolute Gasteiger partial charge is 0.353 e. The van der Waals surface area contributed by atoms with Crippen LogP contribution in [0.4, 0.5) is 0 Å². The molecule has 0 radical (unpaired) electrons. The van der Waals surface area contributed by atoms with Crippen molar-refractivity contribution in [3.05, 3.63) is 55.6 Å². The Morgan fingerprint density at radius 1 is 1.32 bits per heavy atom. The van der Waals surface area contributed by atoms with E-state index >= 15 is 0 Å². The summed E-state index contributed by atoms with van der Waals surface area (Å²) in [5, 5.41) is 5.41. The number of halogens is 1. The van der Waals surface area contributed by atoms with Crippen molar-refractivity contribution < 1.29 is 4.79 Å². The van der Waals surface area contributed by atoms with E-state index in [1.807, 2.05) is 31.2 Å². The van der Waals surface area contributed by atoms with Crippen LogP contribution in [0, 0.1) is 6.92 Å². The van der Waals surface area contributed by atoms with Gasteiger partial charge in [-0.3, -0.25) is 19.1 Å². The van der Waals surface area contributed by atoms with Gasteiger partial charge >= 0.3 is 4.87 Å². The number of thiazole rings is 1. The number of amides is 1. The summed E-state index contributed by atoms with van der Waals surface area (Å²) >= 11 is 7.48. The van der Waals surface area contributed by atoms with E-state index in [4.69, 9.17) is 11.6 Å². The van der Waals surface area contributed by atoms with Crippen LogP contribution in [0.25, 0.3) is 0 Å². The van der Waals surface area contributed by atoms with Crippen LogP contribution < -0.4 is 10.2 Å². The minimum absolute atomic E-state index is 0.00653. The summed E-state index contributed by atoms with van der Waals surface area (Å²) in [6, 6.07) is 7.70. The predicted octanol–water partition coefficient (Wildman–Crippen LogP) is 3.07. The van der Waals surface area contributed by atoms with Gasteiger partial charge in [-0.15, -0.1) is 0 Å². The third-order valence-corrected chi connectivity index (χ3v) is 5.51. The molecule has 7 heteroatoms. The van der Waals surface area contributed by atoms with Crippen LogP contribution in [0.2, 0.25) is 5.02 Å². The van der Waals surface area contributed by atoms with Gasteiger partial charge in [0.05, 0.1) is 6.04 Å². The van der Waals surface area contributed by atoms with Gasteiger partial charge in [-0.2, -0.15) is 0 Å². The summed E-state index contributed by atoms with van der Waals surface area (Å²) in [5.41, 5.74) is 1.80. The van der Waals surface area contributed by atoms with E-state index in [9.17, 15) is 9.59 Å². The zero-order valence-corrected chi connectivity index (χ0v) is 16.4. The fourth-order valence-corrected chi connectivity index (χ4v) is 3.85. The zero-order chi connectivity index (χ0) is 18.4. The first kappa shape index (κ1) is 19.7. The van der Waals surface area contributed by atoms with Crippen molar-refractivity contribution in [2.24, 2.45) is 0 Å².